The van der Waals surface area contributed by atoms with Crippen LogP contribution in [-0.4, -0.2) is 24.8 Å². The van der Waals surface area contributed by atoms with Crippen LogP contribution < -0.4 is 10.6 Å². The van der Waals surface area contributed by atoms with Crippen LogP contribution in [0.3, 0.4) is 0 Å². The fourth-order valence-corrected chi connectivity index (χ4v) is 3.01. The Hall–Kier alpha value is -1.69. The molecule has 3 rings (SSSR count). The number of aliphatic imine (C=N–C) groups is 1. The number of amides is 1. The molecular weight excluding hydrogens is 294 g/mol. The van der Waals surface area contributed by atoms with Crippen molar-refractivity contribution in [3.63, 3.8) is 0 Å². The molecule has 2 heterocycles. The van der Waals surface area contributed by atoms with Crippen molar-refractivity contribution in [2.45, 2.75) is 6.17 Å². The summed E-state index contributed by atoms with van der Waals surface area (Å²) in [7, 11) is 1.70. The lowest BCUT2D eigenvalue weighted by Crippen LogP contribution is -2.39. The van der Waals surface area contributed by atoms with E-state index < -0.39 is 6.17 Å². The number of fused-ring (bicyclic) bond motifs is 1. The highest BCUT2D eigenvalue weighted by Gasteiger charge is 2.27. The van der Waals surface area contributed by atoms with E-state index in [-0.39, 0.29) is 5.91 Å². The summed E-state index contributed by atoms with van der Waals surface area (Å²) >= 11 is 7.66. The molecule has 102 valence electrons. The first-order valence-electron chi connectivity index (χ1n) is 6.01. The minimum atomic E-state index is -0.902. The lowest BCUT2D eigenvalue weighted by atomic mass is 10.0. The summed E-state index contributed by atoms with van der Waals surface area (Å²) in [6.45, 7) is 0. The predicted molar refractivity (Wildman–Crippen MR) is 82.8 cm³/mol. The number of nitrogens with two attached hydrogens (primary N) is 1. The summed E-state index contributed by atoms with van der Waals surface area (Å²) in [5.41, 5.74) is 9.10. The van der Waals surface area contributed by atoms with E-state index in [1.807, 2.05) is 29.0 Å². The molecule has 0 saturated carbocycles. The van der Waals surface area contributed by atoms with Gasteiger partial charge in [-0.05, 0) is 29.6 Å². The third-order valence-corrected chi connectivity index (χ3v) is 4.14. The highest BCUT2D eigenvalue weighted by molar-refractivity contribution is 7.08. The van der Waals surface area contributed by atoms with E-state index in [1.165, 1.54) is 4.90 Å². The SMILES string of the molecule is CN1C(=O)C(N)N=C(c2ccsc2)c2cc(Cl)ccc21. The molecule has 1 aromatic heterocycles. The second-order valence-electron chi connectivity index (χ2n) is 4.49. The standard InChI is InChI=1S/C14H12ClN3OS/c1-18-11-3-2-9(15)6-10(11)12(8-4-5-20-7-8)17-13(16)14(18)19/h2-7,13H,16H2,1H3. The molecule has 0 aliphatic carbocycles. The number of anilines is 1. The van der Waals surface area contributed by atoms with E-state index in [4.69, 9.17) is 17.3 Å². The first kappa shape index (κ1) is 13.3. The normalized spacial score (nSPS) is 18.6. The number of rotatable bonds is 1. The monoisotopic (exact) mass is 305 g/mol. The Balaban J connectivity index is 2.27. The van der Waals surface area contributed by atoms with Gasteiger partial charge in [-0.25, -0.2) is 0 Å². The summed E-state index contributed by atoms with van der Waals surface area (Å²) in [6.07, 6.45) is -0.902. The maximum atomic E-state index is 12.2. The first-order chi connectivity index (χ1) is 9.58. The van der Waals surface area contributed by atoms with Gasteiger partial charge >= 0.3 is 0 Å². The Kier molecular flexibility index (Phi) is 3.33. The number of benzodiazepines with no additional fused rings is 1. The second kappa shape index (κ2) is 5.01. The van der Waals surface area contributed by atoms with Crippen molar-refractivity contribution in [1.82, 2.24) is 0 Å². The number of thiophene rings is 1. The zero-order valence-corrected chi connectivity index (χ0v) is 12.3. The minimum Gasteiger partial charge on any atom is -0.312 e. The largest absolute Gasteiger partial charge is 0.312 e. The van der Waals surface area contributed by atoms with Gasteiger partial charge in [0.05, 0.1) is 11.4 Å². The van der Waals surface area contributed by atoms with E-state index in [1.54, 1.807) is 24.5 Å². The van der Waals surface area contributed by atoms with Gasteiger partial charge in [-0.1, -0.05) is 11.6 Å². The molecular formula is C14H12ClN3OS. The van der Waals surface area contributed by atoms with Crippen LogP contribution in [0.25, 0.3) is 0 Å². The molecule has 1 unspecified atom stereocenters. The third kappa shape index (κ3) is 2.14. The van der Waals surface area contributed by atoms with Crippen LogP contribution in [0.5, 0.6) is 0 Å². The Morgan fingerprint density at radius 1 is 1.40 bits per heavy atom. The molecule has 6 heteroatoms. The molecule has 1 aliphatic heterocycles. The van der Waals surface area contributed by atoms with Crippen LogP contribution in [0.2, 0.25) is 5.02 Å². The Morgan fingerprint density at radius 2 is 2.20 bits per heavy atom. The number of nitrogens with zero attached hydrogens (tertiary/aromatic N) is 2. The molecule has 20 heavy (non-hydrogen) atoms. The maximum Gasteiger partial charge on any atom is 0.266 e. The summed E-state index contributed by atoms with van der Waals surface area (Å²) in [5.74, 6) is -0.237. The summed E-state index contributed by atoms with van der Waals surface area (Å²) in [6, 6.07) is 7.34. The lowest BCUT2D eigenvalue weighted by molar-refractivity contribution is -0.119. The molecule has 1 aliphatic rings. The predicted octanol–water partition coefficient (Wildman–Crippen LogP) is 2.50. The molecule has 1 atom stereocenters. The number of carbonyl (C=O) groups excluding carboxylic acids is 1. The van der Waals surface area contributed by atoms with Crippen LogP contribution in [0.4, 0.5) is 5.69 Å². The van der Waals surface area contributed by atoms with E-state index in [2.05, 4.69) is 4.99 Å². The van der Waals surface area contributed by atoms with Gasteiger partial charge in [0, 0.05) is 28.6 Å². The quantitative estimate of drug-likeness (QED) is 0.880. The van der Waals surface area contributed by atoms with Crippen LogP contribution in [-0.2, 0) is 4.79 Å². The van der Waals surface area contributed by atoms with Crippen molar-refractivity contribution in [3.8, 4) is 0 Å². The molecule has 2 aromatic rings. The van der Waals surface area contributed by atoms with Crippen molar-refractivity contribution >= 4 is 40.2 Å². The maximum absolute atomic E-state index is 12.2. The van der Waals surface area contributed by atoms with Crippen LogP contribution in [0.1, 0.15) is 11.1 Å². The van der Waals surface area contributed by atoms with E-state index in [9.17, 15) is 4.79 Å². The van der Waals surface area contributed by atoms with E-state index in [0.717, 1.165) is 16.8 Å². The molecule has 1 aromatic carbocycles. The van der Waals surface area contributed by atoms with Gasteiger partial charge in [0.2, 0.25) is 0 Å². The topological polar surface area (TPSA) is 58.7 Å². The second-order valence-corrected chi connectivity index (χ2v) is 5.71. The van der Waals surface area contributed by atoms with Crippen molar-refractivity contribution in [1.29, 1.82) is 0 Å². The molecule has 0 fully saturated rings. The first-order valence-corrected chi connectivity index (χ1v) is 7.33. The van der Waals surface area contributed by atoms with Gasteiger partial charge < -0.3 is 10.6 Å². The van der Waals surface area contributed by atoms with Crippen molar-refractivity contribution in [2.24, 2.45) is 10.7 Å². The van der Waals surface area contributed by atoms with Crippen LogP contribution in [0, 0.1) is 0 Å². The van der Waals surface area contributed by atoms with Gasteiger partial charge in [-0.3, -0.25) is 9.79 Å². The number of carbonyl (C=O) groups is 1. The van der Waals surface area contributed by atoms with Gasteiger partial charge in [0.15, 0.2) is 6.17 Å². The van der Waals surface area contributed by atoms with Crippen molar-refractivity contribution < 1.29 is 4.79 Å². The number of hydrogen-bond acceptors (Lipinski definition) is 4. The highest BCUT2D eigenvalue weighted by atomic mass is 35.5. The average Bonchev–Trinajstić information content (AvgIpc) is 2.94. The van der Waals surface area contributed by atoms with Crippen LogP contribution >= 0.6 is 22.9 Å². The number of likely N-dealkylation sites (N-methyl/N-ethyl adjacent to an activating group) is 1. The zero-order valence-electron chi connectivity index (χ0n) is 10.7. The number of benzene rings is 1. The minimum absolute atomic E-state index is 0.237. The lowest BCUT2D eigenvalue weighted by Gasteiger charge is -2.19. The van der Waals surface area contributed by atoms with E-state index >= 15 is 0 Å². The molecule has 0 radical (unpaired) electrons. The van der Waals surface area contributed by atoms with Crippen LogP contribution in [0.15, 0.2) is 40.0 Å². The molecule has 0 saturated heterocycles. The summed E-state index contributed by atoms with van der Waals surface area (Å²) < 4.78 is 0. The fourth-order valence-electron chi connectivity index (χ4n) is 2.20. The molecule has 0 bridgehead atoms. The van der Waals surface area contributed by atoms with Crippen molar-refractivity contribution in [2.75, 3.05) is 11.9 Å². The highest BCUT2D eigenvalue weighted by Crippen LogP contribution is 2.29. The van der Waals surface area contributed by atoms with Crippen molar-refractivity contribution in [3.05, 3.63) is 51.2 Å². The molecule has 0 spiro atoms. The Labute approximate surface area is 125 Å². The molecule has 2 N–H and O–H groups in total. The Morgan fingerprint density at radius 3 is 2.90 bits per heavy atom. The summed E-state index contributed by atoms with van der Waals surface area (Å²) in [4.78, 5) is 18.1. The summed E-state index contributed by atoms with van der Waals surface area (Å²) in [5, 5.41) is 4.54. The van der Waals surface area contributed by atoms with Gasteiger partial charge in [-0.15, -0.1) is 0 Å². The fraction of sp³-hybridized carbons (Fsp3) is 0.143. The van der Waals surface area contributed by atoms with Gasteiger partial charge in [-0.2, -0.15) is 11.3 Å². The van der Waals surface area contributed by atoms with Gasteiger partial charge in [0.25, 0.3) is 5.91 Å². The van der Waals surface area contributed by atoms with E-state index in [0.29, 0.717) is 10.7 Å². The smallest absolute Gasteiger partial charge is 0.266 e. The zero-order chi connectivity index (χ0) is 14.3. The third-order valence-electron chi connectivity index (χ3n) is 3.22. The molecule has 4 nitrogen and oxygen atoms in total. The molecule has 1 amide bonds. The Bertz CT molecular complexity index is 696. The average molecular weight is 306 g/mol. The number of halogens is 1. The van der Waals surface area contributed by atoms with Gasteiger partial charge in [0.1, 0.15) is 0 Å². The number of hydrogen-bond donors (Lipinski definition) is 1.